The molecule has 178 valence electrons. The van der Waals surface area contributed by atoms with E-state index in [-0.39, 0.29) is 12.0 Å². The number of rotatable bonds is 10. The first-order valence-electron chi connectivity index (χ1n) is 12.6. The minimum atomic E-state index is 0.155. The molecule has 2 N–H and O–H groups in total. The van der Waals surface area contributed by atoms with Crippen LogP contribution < -0.4 is 15.5 Å². The monoisotopic (exact) mass is 449 g/mol. The van der Waals surface area contributed by atoms with Crippen molar-refractivity contribution in [3.63, 3.8) is 0 Å². The zero-order chi connectivity index (χ0) is 23.0. The van der Waals surface area contributed by atoms with E-state index in [4.69, 9.17) is 4.74 Å². The van der Waals surface area contributed by atoms with Gasteiger partial charge in [-0.05, 0) is 61.8 Å². The van der Waals surface area contributed by atoms with E-state index in [1.54, 1.807) is 7.11 Å². The minimum absolute atomic E-state index is 0.155. The maximum Gasteiger partial charge on any atom is 0.226 e. The Kier molecular flexibility index (Phi) is 8.54. The lowest BCUT2D eigenvalue weighted by Crippen LogP contribution is -2.48. The zero-order valence-corrected chi connectivity index (χ0v) is 20.1. The van der Waals surface area contributed by atoms with Crippen molar-refractivity contribution in [1.29, 1.82) is 0 Å². The first kappa shape index (κ1) is 23.9. The lowest BCUT2D eigenvalue weighted by atomic mass is 9.91. The maximum absolute atomic E-state index is 12.8. The zero-order valence-electron chi connectivity index (χ0n) is 20.1. The van der Waals surface area contributed by atoms with Gasteiger partial charge in [0.2, 0.25) is 5.91 Å². The van der Waals surface area contributed by atoms with E-state index < -0.39 is 0 Å². The van der Waals surface area contributed by atoms with Crippen LogP contribution in [0.5, 0.6) is 0 Å². The average Bonchev–Trinajstić information content (AvgIpc) is 3.30. The summed E-state index contributed by atoms with van der Waals surface area (Å²) >= 11 is 0. The molecule has 0 bridgehead atoms. The third-order valence-electron chi connectivity index (χ3n) is 7.32. The van der Waals surface area contributed by atoms with Crippen LogP contribution in [0.2, 0.25) is 0 Å². The fraction of sp³-hybridized carbons (Fsp3) is 0.536. The molecule has 1 fully saturated rings. The van der Waals surface area contributed by atoms with Crippen molar-refractivity contribution in [1.82, 2.24) is 10.6 Å². The van der Waals surface area contributed by atoms with Crippen molar-refractivity contribution >= 4 is 11.6 Å². The number of carbonyl (C=O) groups is 1. The smallest absolute Gasteiger partial charge is 0.226 e. The minimum Gasteiger partial charge on any atom is -0.381 e. The lowest BCUT2D eigenvalue weighted by molar-refractivity contribution is -0.118. The molecule has 5 nitrogen and oxygen atoms in total. The second-order valence-electron chi connectivity index (χ2n) is 9.57. The number of carbonyl (C=O) groups excluding carboxylic acids is 1. The number of hydrogen-bond acceptors (Lipinski definition) is 4. The number of benzene rings is 2. The van der Waals surface area contributed by atoms with E-state index in [1.165, 1.54) is 24.0 Å². The molecule has 0 radical (unpaired) electrons. The van der Waals surface area contributed by atoms with Crippen molar-refractivity contribution in [2.24, 2.45) is 5.92 Å². The number of nitrogens with one attached hydrogen (secondary N) is 2. The molecule has 4 rings (SSSR count). The van der Waals surface area contributed by atoms with Gasteiger partial charge in [0.25, 0.3) is 0 Å². The van der Waals surface area contributed by atoms with Crippen LogP contribution in [0.15, 0.2) is 54.6 Å². The van der Waals surface area contributed by atoms with Crippen LogP contribution in [0, 0.1) is 5.92 Å². The molecule has 0 saturated carbocycles. The molecule has 2 aliphatic heterocycles. The van der Waals surface area contributed by atoms with Gasteiger partial charge in [0.05, 0.1) is 6.10 Å². The highest BCUT2D eigenvalue weighted by Gasteiger charge is 2.28. The molecule has 4 atom stereocenters. The Bertz CT molecular complexity index is 888. The van der Waals surface area contributed by atoms with Gasteiger partial charge in [-0.25, -0.2) is 0 Å². The summed E-state index contributed by atoms with van der Waals surface area (Å²) in [6.45, 7) is 5.06. The fourth-order valence-corrected chi connectivity index (χ4v) is 5.41. The average molecular weight is 450 g/mol. The third kappa shape index (κ3) is 6.03. The van der Waals surface area contributed by atoms with Gasteiger partial charge >= 0.3 is 0 Å². The number of fused-ring (bicyclic) bond motifs is 1. The fourth-order valence-electron chi connectivity index (χ4n) is 5.41. The van der Waals surface area contributed by atoms with Gasteiger partial charge in [0.15, 0.2) is 0 Å². The Balaban J connectivity index is 1.23. The summed E-state index contributed by atoms with van der Waals surface area (Å²) < 4.78 is 5.85. The van der Waals surface area contributed by atoms with Gasteiger partial charge in [-0.2, -0.15) is 0 Å². The Hall–Kier alpha value is -2.21. The van der Waals surface area contributed by atoms with E-state index >= 15 is 0 Å². The topological polar surface area (TPSA) is 53.6 Å². The molecule has 1 amide bonds. The van der Waals surface area contributed by atoms with Gasteiger partial charge in [0, 0.05) is 44.4 Å². The Morgan fingerprint density at radius 2 is 1.97 bits per heavy atom. The third-order valence-corrected chi connectivity index (χ3v) is 7.32. The number of ether oxygens (including phenoxy) is 1. The van der Waals surface area contributed by atoms with Gasteiger partial charge in [-0.15, -0.1) is 0 Å². The highest BCUT2D eigenvalue weighted by atomic mass is 16.5. The van der Waals surface area contributed by atoms with E-state index in [1.807, 2.05) is 11.0 Å². The maximum atomic E-state index is 12.8. The van der Waals surface area contributed by atoms with E-state index in [0.717, 1.165) is 44.6 Å². The van der Waals surface area contributed by atoms with Gasteiger partial charge < -0.3 is 20.3 Å². The summed E-state index contributed by atoms with van der Waals surface area (Å²) in [7, 11) is 1.80. The Morgan fingerprint density at radius 1 is 1.18 bits per heavy atom. The van der Waals surface area contributed by atoms with Crippen LogP contribution in [0.4, 0.5) is 5.69 Å². The van der Waals surface area contributed by atoms with Gasteiger partial charge in [0.1, 0.15) is 0 Å². The Labute approximate surface area is 198 Å². The van der Waals surface area contributed by atoms with E-state index in [9.17, 15) is 4.79 Å². The molecule has 2 aromatic rings. The number of methoxy groups -OCH3 is 1. The molecule has 0 aliphatic carbocycles. The van der Waals surface area contributed by atoms with Crippen LogP contribution in [-0.4, -0.2) is 44.8 Å². The summed E-state index contributed by atoms with van der Waals surface area (Å²) in [5.74, 6) is 0.621. The molecule has 0 aromatic heterocycles. The number of anilines is 1. The number of hydrogen-bond donors (Lipinski definition) is 2. The molecule has 1 saturated heterocycles. The SMILES string of the molecule is COC(CCCC(=O)N1CCc2ccccc21)C(C)CNC1CCCNC1c1ccccc1. The van der Waals surface area contributed by atoms with Crippen molar-refractivity contribution in [3.05, 3.63) is 65.7 Å². The number of piperidine rings is 1. The second kappa shape index (κ2) is 11.8. The summed E-state index contributed by atoms with van der Waals surface area (Å²) in [5, 5.41) is 7.52. The van der Waals surface area contributed by atoms with Crippen molar-refractivity contribution in [2.45, 2.75) is 63.6 Å². The van der Waals surface area contributed by atoms with Gasteiger partial charge in [-0.3, -0.25) is 4.79 Å². The van der Waals surface area contributed by atoms with Crippen molar-refractivity contribution < 1.29 is 9.53 Å². The molecule has 4 unspecified atom stereocenters. The molecule has 2 aliphatic rings. The number of nitrogens with zero attached hydrogens (tertiary/aromatic N) is 1. The van der Waals surface area contributed by atoms with Crippen molar-refractivity contribution in [2.75, 3.05) is 31.6 Å². The Morgan fingerprint density at radius 3 is 2.79 bits per heavy atom. The molecule has 33 heavy (non-hydrogen) atoms. The standard InChI is InChI=1S/C28H39N3O2/c1-21(20-30-24-13-9-18-29-28(24)23-11-4-3-5-12-23)26(33-2)15-8-16-27(32)31-19-17-22-10-6-7-14-25(22)31/h3-7,10-12,14,21,24,26,28-30H,8-9,13,15-20H2,1-2H3. The first-order chi connectivity index (χ1) is 16.2. The molecular weight excluding hydrogens is 410 g/mol. The van der Waals surface area contributed by atoms with Crippen molar-refractivity contribution in [3.8, 4) is 0 Å². The number of amides is 1. The normalized spacial score (nSPS) is 22.1. The predicted octanol–water partition coefficient (Wildman–Crippen LogP) is 4.48. The van der Waals surface area contributed by atoms with Crippen LogP contribution >= 0.6 is 0 Å². The second-order valence-corrected chi connectivity index (χ2v) is 9.57. The van der Waals surface area contributed by atoms with Crippen LogP contribution in [0.3, 0.4) is 0 Å². The van der Waals surface area contributed by atoms with Crippen LogP contribution in [-0.2, 0) is 16.0 Å². The largest absolute Gasteiger partial charge is 0.381 e. The molecule has 2 aromatic carbocycles. The molecular formula is C28H39N3O2. The summed E-state index contributed by atoms with van der Waals surface area (Å²) in [6, 6.07) is 19.8. The van der Waals surface area contributed by atoms with Crippen LogP contribution in [0.25, 0.3) is 0 Å². The van der Waals surface area contributed by atoms with Crippen LogP contribution in [0.1, 0.15) is 56.2 Å². The molecule has 5 heteroatoms. The highest BCUT2D eigenvalue weighted by molar-refractivity contribution is 5.95. The molecule has 2 heterocycles. The van der Waals surface area contributed by atoms with Gasteiger partial charge in [-0.1, -0.05) is 55.5 Å². The summed E-state index contributed by atoms with van der Waals surface area (Å²) in [5.41, 5.74) is 3.73. The summed E-state index contributed by atoms with van der Waals surface area (Å²) in [4.78, 5) is 14.8. The lowest BCUT2D eigenvalue weighted by Gasteiger charge is -2.35. The first-order valence-corrected chi connectivity index (χ1v) is 12.6. The quantitative estimate of drug-likeness (QED) is 0.562. The summed E-state index contributed by atoms with van der Waals surface area (Å²) in [6.07, 6.45) is 5.85. The molecule has 0 spiro atoms. The number of para-hydroxylation sites is 1. The predicted molar refractivity (Wildman–Crippen MR) is 135 cm³/mol. The van der Waals surface area contributed by atoms with E-state index in [0.29, 0.717) is 24.4 Å². The highest BCUT2D eigenvalue weighted by Crippen LogP contribution is 2.28. The van der Waals surface area contributed by atoms with E-state index in [2.05, 4.69) is 66.1 Å².